The predicted octanol–water partition coefficient (Wildman–Crippen LogP) is 0.626. The van der Waals surface area contributed by atoms with Crippen LogP contribution in [0.15, 0.2) is 4.79 Å². The molecule has 0 spiro atoms. The minimum Gasteiger partial charge on any atom is -0.376 e. The van der Waals surface area contributed by atoms with Gasteiger partial charge in [-0.25, -0.2) is 4.98 Å². The molecular weight excluding hydrogens is 258 g/mol. The maximum atomic E-state index is 12.1. The first kappa shape index (κ1) is 13.7. The zero-order valence-corrected chi connectivity index (χ0v) is 11.9. The second-order valence-electron chi connectivity index (χ2n) is 5.34. The highest BCUT2D eigenvalue weighted by Gasteiger charge is 2.25. The molecule has 20 heavy (non-hydrogen) atoms. The molecule has 0 amide bonds. The van der Waals surface area contributed by atoms with Gasteiger partial charge < -0.3 is 14.5 Å². The minimum atomic E-state index is -0.129. The van der Waals surface area contributed by atoms with Crippen LogP contribution in [-0.2, 0) is 22.5 Å². The van der Waals surface area contributed by atoms with Crippen molar-refractivity contribution in [1.29, 1.82) is 0 Å². The fourth-order valence-corrected chi connectivity index (χ4v) is 2.80. The molecule has 1 aromatic rings. The molecule has 0 bridgehead atoms. The molecule has 1 saturated heterocycles. The summed E-state index contributed by atoms with van der Waals surface area (Å²) in [4.78, 5) is 21.9. The summed E-state index contributed by atoms with van der Waals surface area (Å²) in [7, 11) is 0. The van der Waals surface area contributed by atoms with E-state index in [9.17, 15) is 4.79 Å². The van der Waals surface area contributed by atoms with Gasteiger partial charge in [-0.1, -0.05) is 6.92 Å². The molecule has 3 heterocycles. The quantitative estimate of drug-likeness (QED) is 0.879. The molecule has 6 heteroatoms. The van der Waals surface area contributed by atoms with E-state index >= 15 is 0 Å². The van der Waals surface area contributed by atoms with Gasteiger partial charge in [-0.15, -0.1) is 0 Å². The van der Waals surface area contributed by atoms with E-state index < -0.39 is 0 Å². The van der Waals surface area contributed by atoms with Crippen LogP contribution in [0.5, 0.6) is 0 Å². The van der Waals surface area contributed by atoms with Gasteiger partial charge in [0.15, 0.2) is 0 Å². The number of H-pyrrole nitrogens is 1. The summed E-state index contributed by atoms with van der Waals surface area (Å²) in [6.45, 7) is 6.67. The predicted molar refractivity (Wildman–Crippen MR) is 73.6 cm³/mol. The lowest BCUT2D eigenvalue weighted by Gasteiger charge is -2.32. The summed E-state index contributed by atoms with van der Waals surface area (Å²) in [6, 6.07) is 0. The fraction of sp³-hybridized carbons (Fsp3) is 0.714. The SMILES string of the molecule is CCCN1CCOC(c2nc3c(c(=O)[nH]2)COCC3)C1. The third kappa shape index (κ3) is 2.77. The van der Waals surface area contributed by atoms with Crippen LogP contribution in [0.4, 0.5) is 0 Å². The van der Waals surface area contributed by atoms with Crippen LogP contribution in [0.3, 0.4) is 0 Å². The molecule has 1 N–H and O–H groups in total. The van der Waals surface area contributed by atoms with Crippen LogP contribution < -0.4 is 5.56 Å². The summed E-state index contributed by atoms with van der Waals surface area (Å²) >= 11 is 0. The summed E-state index contributed by atoms with van der Waals surface area (Å²) < 4.78 is 11.1. The van der Waals surface area contributed by atoms with Crippen molar-refractivity contribution in [1.82, 2.24) is 14.9 Å². The Hall–Kier alpha value is -1.24. The molecular formula is C14H21N3O3. The molecule has 1 atom stereocenters. The van der Waals surface area contributed by atoms with Gasteiger partial charge in [0.25, 0.3) is 5.56 Å². The summed E-state index contributed by atoms with van der Waals surface area (Å²) in [5.41, 5.74) is 1.45. The molecule has 2 aliphatic rings. The van der Waals surface area contributed by atoms with E-state index in [1.807, 2.05) is 0 Å². The van der Waals surface area contributed by atoms with Crippen molar-refractivity contribution < 1.29 is 9.47 Å². The second kappa shape index (κ2) is 6.03. The van der Waals surface area contributed by atoms with Gasteiger partial charge in [-0.3, -0.25) is 9.69 Å². The summed E-state index contributed by atoms with van der Waals surface area (Å²) in [6.07, 6.45) is 1.70. The van der Waals surface area contributed by atoms with Crippen LogP contribution in [0.25, 0.3) is 0 Å². The van der Waals surface area contributed by atoms with Crippen molar-refractivity contribution in [3.05, 3.63) is 27.4 Å². The van der Waals surface area contributed by atoms with Crippen molar-refractivity contribution in [2.75, 3.05) is 32.8 Å². The van der Waals surface area contributed by atoms with E-state index in [4.69, 9.17) is 9.47 Å². The topological polar surface area (TPSA) is 67.5 Å². The average Bonchev–Trinajstić information content (AvgIpc) is 2.48. The van der Waals surface area contributed by atoms with Crippen LogP contribution >= 0.6 is 0 Å². The number of aromatic amines is 1. The lowest BCUT2D eigenvalue weighted by molar-refractivity contribution is -0.0346. The van der Waals surface area contributed by atoms with Crippen LogP contribution in [0.1, 0.15) is 36.5 Å². The monoisotopic (exact) mass is 279 g/mol. The number of aromatic nitrogens is 2. The van der Waals surface area contributed by atoms with E-state index in [1.165, 1.54) is 0 Å². The summed E-state index contributed by atoms with van der Waals surface area (Å²) in [5, 5.41) is 0. The van der Waals surface area contributed by atoms with E-state index in [0.717, 1.165) is 31.7 Å². The van der Waals surface area contributed by atoms with Crippen molar-refractivity contribution in [2.45, 2.75) is 32.5 Å². The van der Waals surface area contributed by atoms with Crippen LogP contribution in [0.2, 0.25) is 0 Å². The maximum absolute atomic E-state index is 12.1. The normalized spacial score (nSPS) is 23.6. The molecule has 1 aromatic heterocycles. The molecule has 0 radical (unpaired) electrons. The molecule has 2 aliphatic heterocycles. The lowest BCUT2D eigenvalue weighted by Crippen LogP contribution is -2.40. The van der Waals surface area contributed by atoms with E-state index in [-0.39, 0.29) is 11.7 Å². The zero-order chi connectivity index (χ0) is 13.9. The van der Waals surface area contributed by atoms with Gasteiger partial charge in [0, 0.05) is 19.5 Å². The Morgan fingerprint density at radius 2 is 2.35 bits per heavy atom. The highest BCUT2D eigenvalue weighted by atomic mass is 16.5. The third-order valence-corrected chi connectivity index (χ3v) is 3.84. The van der Waals surface area contributed by atoms with Gasteiger partial charge in [-0.2, -0.15) is 0 Å². The van der Waals surface area contributed by atoms with Gasteiger partial charge in [0.05, 0.1) is 31.1 Å². The maximum Gasteiger partial charge on any atom is 0.256 e. The molecule has 6 nitrogen and oxygen atoms in total. The molecule has 3 rings (SSSR count). The average molecular weight is 279 g/mol. The van der Waals surface area contributed by atoms with Gasteiger partial charge in [-0.05, 0) is 13.0 Å². The summed E-state index contributed by atoms with van der Waals surface area (Å²) in [5.74, 6) is 0.663. The number of hydrogen-bond acceptors (Lipinski definition) is 5. The standard InChI is InChI=1S/C14H21N3O3/c1-2-4-17-5-7-20-12(8-17)13-15-11-3-6-19-9-10(11)14(18)16-13/h12H,2-9H2,1H3,(H,15,16,18). The Labute approximate surface area is 118 Å². The Morgan fingerprint density at radius 1 is 1.45 bits per heavy atom. The highest BCUT2D eigenvalue weighted by Crippen LogP contribution is 2.20. The van der Waals surface area contributed by atoms with E-state index in [0.29, 0.717) is 37.6 Å². The third-order valence-electron chi connectivity index (χ3n) is 3.84. The van der Waals surface area contributed by atoms with Crippen molar-refractivity contribution in [3.63, 3.8) is 0 Å². The van der Waals surface area contributed by atoms with E-state index in [2.05, 4.69) is 21.8 Å². The first-order valence-corrected chi connectivity index (χ1v) is 7.31. The number of nitrogens with one attached hydrogen (secondary N) is 1. The van der Waals surface area contributed by atoms with Crippen LogP contribution in [0, 0.1) is 0 Å². The van der Waals surface area contributed by atoms with Crippen molar-refractivity contribution in [2.24, 2.45) is 0 Å². The van der Waals surface area contributed by atoms with Crippen molar-refractivity contribution >= 4 is 0 Å². The molecule has 1 fully saturated rings. The second-order valence-corrected chi connectivity index (χ2v) is 5.34. The molecule has 0 saturated carbocycles. The van der Waals surface area contributed by atoms with Gasteiger partial charge in [0.1, 0.15) is 11.9 Å². The highest BCUT2D eigenvalue weighted by molar-refractivity contribution is 5.20. The van der Waals surface area contributed by atoms with Gasteiger partial charge >= 0.3 is 0 Å². The number of morpholine rings is 1. The van der Waals surface area contributed by atoms with E-state index in [1.54, 1.807) is 0 Å². The first-order valence-electron chi connectivity index (χ1n) is 7.31. The Bertz CT molecular complexity index is 527. The fourth-order valence-electron chi connectivity index (χ4n) is 2.80. The number of hydrogen-bond donors (Lipinski definition) is 1. The number of rotatable bonds is 3. The zero-order valence-electron chi connectivity index (χ0n) is 11.9. The molecule has 1 unspecified atom stereocenters. The van der Waals surface area contributed by atoms with Gasteiger partial charge in [0.2, 0.25) is 0 Å². The first-order chi connectivity index (χ1) is 9.78. The van der Waals surface area contributed by atoms with Crippen molar-refractivity contribution in [3.8, 4) is 0 Å². The minimum absolute atomic E-state index is 0.0825. The number of nitrogens with zero attached hydrogens (tertiary/aromatic N) is 2. The Morgan fingerprint density at radius 3 is 3.20 bits per heavy atom. The lowest BCUT2D eigenvalue weighted by atomic mass is 10.1. The Balaban J connectivity index is 1.83. The number of fused-ring (bicyclic) bond motifs is 1. The smallest absolute Gasteiger partial charge is 0.256 e. The molecule has 0 aliphatic carbocycles. The molecule has 110 valence electrons. The number of ether oxygens (including phenoxy) is 2. The molecule has 0 aromatic carbocycles. The largest absolute Gasteiger partial charge is 0.376 e. The Kier molecular flexibility index (Phi) is 4.14. The van der Waals surface area contributed by atoms with Crippen LogP contribution in [-0.4, -0.2) is 47.7 Å².